The van der Waals surface area contributed by atoms with Gasteiger partial charge in [-0.1, -0.05) is 0 Å². The van der Waals surface area contributed by atoms with Crippen LogP contribution >= 0.6 is 11.8 Å². The first-order chi connectivity index (χ1) is 8.38. The Kier molecular flexibility index (Phi) is 7.93. The lowest BCUT2D eigenvalue weighted by Gasteiger charge is -2.20. The lowest BCUT2D eigenvalue weighted by atomic mass is 10.1. The number of carbonyl (C=O) groups is 3. The highest BCUT2D eigenvalue weighted by atomic mass is 32.2. The maximum absolute atomic E-state index is 11.6. The van der Waals surface area contributed by atoms with Gasteiger partial charge in [0.15, 0.2) is 0 Å². The molecule has 8 heteroatoms. The summed E-state index contributed by atoms with van der Waals surface area (Å²) in [5.74, 6) is -1.00. The minimum absolute atomic E-state index is 0.00717. The zero-order valence-electron chi connectivity index (χ0n) is 10.5. The van der Waals surface area contributed by atoms with E-state index in [9.17, 15) is 14.4 Å². The third-order valence-electron chi connectivity index (χ3n) is 2.25. The number of hydrogen-bond donors (Lipinski definition) is 3. The number of primary amides is 1. The Balaban J connectivity index is 4.26. The molecule has 104 valence electrons. The zero-order valence-corrected chi connectivity index (χ0v) is 11.3. The van der Waals surface area contributed by atoms with Gasteiger partial charge >= 0.3 is 12.0 Å². The normalized spacial score (nSPS) is 11.7. The maximum atomic E-state index is 11.6. The second kappa shape index (κ2) is 8.62. The zero-order chi connectivity index (χ0) is 14.1. The molecule has 0 bridgehead atoms. The number of nitrogens with zero attached hydrogens (tertiary/aromatic N) is 1. The van der Waals surface area contributed by atoms with E-state index in [2.05, 4.69) is 5.32 Å². The number of carboxylic acid groups (broad SMARTS) is 1. The van der Waals surface area contributed by atoms with Crippen molar-refractivity contribution in [2.45, 2.75) is 18.9 Å². The molecule has 7 nitrogen and oxygen atoms in total. The summed E-state index contributed by atoms with van der Waals surface area (Å²) in [6.07, 6.45) is 1.83. The summed E-state index contributed by atoms with van der Waals surface area (Å²) in [5.41, 5.74) is 4.94. The predicted octanol–water partition coefficient (Wildman–Crippen LogP) is -0.290. The van der Waals surface area contributed by atoms with Crippen LogP contribution in [-0.2, 0) is 9.59 Å². The highest BCUT2D eigenvalue weighted by molar-refractivity contribution is 7.98. The number of rotatable bonds is 8. The largest absolute Gasteiger partial charge is 0.480 e. The van der Waals surface area contributed by atoms with Crippen molar-refractivity contribution >= 4 is 29.7 Å². The fraction of sp³-hybridized carbons (Fsp3) is 0.700. The van der Waals surface area contributed by atoms with Crippen molar-refractivity contribution in [3.63, 3.8) is 0 Å². The van der Waals surface area contributed by atoms with Crippen LogP contribution in [-0.4, -0.2) is 59.6 Å². The van der Waals surface area contributed by atoms with Crippen molar-refractivity contribution in [3.8, 4) is 0 Å². The van der Waals surface area contributed by atoms with Gasteiger partial charge in [0.25, 0.3) is 0 Å². The summed E-state index contributed by atoms with van der Waals surface area (Å²) < 4.78 is 0. The van der Waals surface area contributed by atoms with E-state index in [1.807, 2.05) is 6.26 Å². The highest BCUT2D eigenvalue weighted by Crippen LogP contribution is 2.00. The van der Waals surface area contributed by atoms with E-state index in [0.717, 1.165) is 5.75 Å². The fourth-order valence-corrected chi connectivity index (χ4v) is 1.59. The van der Waals surface area contributed by atoms with E-state index in [-0.39, 0.29) is 12.8 Å². The predicted molar refractivity (Wildman–Crippen MR) is 69.4 cm³/mol. The van der Waals surface area contributed by atoms with Gasteiger partial charge in [0.05, 0.1) is 0 Å². The molecule has 0 fully saturated rings. The van der Waals surface area contributed by atoms with Crippen LogP contribution in [0.5, 0.6) is 0 Å². The van der Waals surface area contributed by atoms with Crippen LogP contribution in [0.3, 0.4) is 0 Å². The van der Waals surface area contributed by atoms with Gasteiger partial charge in [-0.25, -0.2) is 9.59 Å². The molecule has 3 amide bonds. The fourth-order valence-electron chi connectivity index (χ4n) is 1.13. The van der Waals surface area contributed by atoms with Crippen molar-refractivity contribution in [1.29, 1.82) is 0 Å². The van der Waals surface area contributed by atoms with Gasteiger partial charge in [-0.15, -0.1) is 0 Å². The molecule has 0 saturated carbocycles. The lowest BCUT2D eigenvalue weighted by molar-refractivity contribution is -0.139. The molecule has 1 unspecified atom stereocenters. The molecule has 0 aliphatic carbocycles. The van der Waals surface area contributed by atoms with Gasteiger partial charge in [0, 0.05) is 25.8 Å². The highest BCUT2D eigenvalue weighted by Gasteiger charge is 2.21. The number of thioether (sulfide) groups is 1. The van der Waals surface area contributed by atoms with Gasteiger partial charge in [0.1, 0.15) is 6.04 Å². The number of amides is 3. The van der Waals surface area contributed by atoms with Gasteiger partial charge < -0.3 is 21.1 Å². The number of aliphatic carboxylic acids is 1. The molecule has 18 heavy (non-hydrogen) atoms. The number of urea groups is 1. The maximum Gasteiger partial charge on any atom is 0.326 e. The molecule has 0 aromatic rings. The third kappa shape index (κ3) is 7.00. The van der Waals surface area contributed by atoms with Crippen molar-refractivity contribution in [2.75, 3.05) is 25.6 Å². The molecule has 0 spiro atoms. The monoisotopic (exact) mass is 277 g/mol. The molecular formula is C10H19N3O4S. The van der Waals surface area contributed by atoms with Gasteiger partial charge in [0.2, 0.25) is 5.91 Å². The Morgan fingerprint density at radius 3 is 2.50 bits per heavy atom. The standard InChI is InChI=1S/C10H19N3O4S/c1-13(5-6-18-2)10(17)12-7(9(15)16)3-4-8(11)14/h7H,3-6H2,1-2H3,(H2,11,14)(H,12,17)(H,15,16). The molecule has 1 atom stereocenters. The van der Waals surface area contributed by atoms with Crippen LogP contribution in [0.4, 0.5) is 4.79 Å². The van der Waals surface area contributed by atoms with Crippen LogP contribution in [0.15, 0.2) is 0 Å². The van der Waals surface area contributed by atoms with Crippen molar-refractivity contribution in [1.82, 2.24) is 10.2 Å². The van der Waals surface area contributed by atoms with E-state index >= 15 is 0 Å². The Labute approximate surface area is 110 Å². The van der Waals surface area contributed by atoms with Crippen molar-refractivity contribution in [2.24, 2.45) is 5.73 Å². The minimum Gasteiger partial charge on any atom is -0.480 e. The minimum atomic E-state index is -1.18. The van der Waals surface area contributed by atoms with E-state index in [4.69, 9.17) is 10.8 Å². The van der Waals surface area contributed by atoms with Gasteiger partial charge in [-0.3, -0.25) is 4.79 Å². The second-order valence-electron chi connectivity index (χ2n) is 3.76. The third-order valence-corrected chi connectivity index (χ3v) is 2.84. The van der Waals surface area contributed by atoms with Crippen LogP contribution < -0.4 is 11.1 Å². The number of hydrogen-bond acceptors (Lipinski definition) is 4. The molecule has 0 radical (unpaired) electrons. The molecule has 0 aromatic carbocycles. The first-order valence-electron chi connectivity index (χ1n) is 5.40. The number of nitrogens with one attached hydrogen (secondary N) is 1. The molecule has 0 aromatic heterocycles. The molecule has 0 aliphatic rings. The van der Waals surface area contributed by atoms with E-state index in [1.165, 1.54) is 4.90 Å². The van der Waals surface area contributed by atoms with E-state index in [0.29, 0.717) is 6.54 Å². The topological polar surface area (TPSA) is 113 Å². The molecule has 0 heterocycles. The Hall–Kier alpha value is -1.44. The summed E-state index contributed by atoms with van der Waals surface area (Å²) in [4.78, 5) is 34.5. The molecule has 0 saturated heterocycles. The van der Waals surface area contributed by atoms with Crippen LogP contribution in [0.1, 0.15) is 12.8 Å². The average molecular weight is 277 g/mol. The van der Waals surface area contributed by atoms with Crippen LogP contribution in [0, 0.1) is 0 Å². The van der Waals surface area contributed by atoms with Crippen LogP contribution in [0.2, 0.25) is 0 Å². The first-order valence-corrected chi connectivity index (χ1v) is 6.79. The lowest BCUT2D eigenvalue weighted by Crippen LogP contribution is -2.47. The quantitative estimate of drug-likeness (QED) is 0.564. The van der Waals surface area contributed by atoms with E-state index in [1.54, 1.807) is 18.8 Å². The summed E-state index contributed by atoms with van der Waals surface area (Å²) >= 11 is 1.59. The SMILES string of the molecule is CSCCN(C)C(=O)NC(CCC(N)=O)C(=O)O. The number of nitrogens with two attached hydrogens (primary N) is 1. The summed E-state index contributed by atoms with van der Waals surface area (Å²) in [5, 5.41) is 11.3. The molecule has 0 rings (SSSR count). The molecule has 4 N–H and O–H groups in total. The van der Waals surface area contributed by atoms with Gasteiger partial charge in [-0.05, 0) is 12.7 Å². The van der Waals surface area contributed by atoms with Gasteiger partial charge in [-0.2, -0.15) is 11.8 Å². The average Bonchev–Trinajstić information content (AvgIpc) is 2.30. The first kappa shape index (κ1) is 16.6. The Morgan fingerprint density at radius 2 is 2.06 bits per heavy atom. The molecular weight excluding hydrogens is 258 g/mol. The number of carboxylic acids is 1. The Morgan fingerprint density at radius 1 is 1.44 bits per heavy atom. The molecule has 0 aliphatic heterocycles. The summed E-state index contributed by atoms with van der Waals surface area (Å²) in [6, 6.07) is -1.57. The second-order valence-corrected chi connectivity index (χ2v) is 4.75. The van der Waals surface area contributed by atoms with Crippen molar-refractivity contribution in [3.05, 3.63) is 0 Å². The summed E-state index contributed by atoms with van der Waals surface area (Å²) in [6.45, 7) is 0.523. The van der Waals surface area contributed by atoms with Crippen molar-refractivity contribution < 1.29 is 19.5 Å². The smallest absolute Gasteiger partial charge is 0.326 e. The Bertz CT molecular complexity index is 311. The van der Waals surface area contributed by atoms with E-state index < -0.39 is 23.9 Å². The van der Waals surface area contributed by atoms with Crippen LogP contribution in [0.25, 0.3) is 0 Å². The number of carbonyl (C=O) groups excluding carboxylic acids is 2. The summed E-state index contributed by atoms with van der Waals surface area (Å²) in [7, 11) is 1.58.